The lowest BCUT2D eigenvalue weighted by atomic mass is 10.0. The summed E-state index contributed by atoms with van der Waals surface area (Å²) in [6, 6.07) is 16.8. The first-order valence-electron chi connectivity index (χ1n) is 10.7. The summed E-state index contributed by atoms with van der Waals surface area (Å²) in [6.45, 7) is 3.19. The van der Waals surface area contributed by atoms with Gasteiger partial charge < -0.3 is 5.32 Å². The van der Waals surface area contributed by atoms with Crippen LogP contribution in [0.2, 0.25) is 10.0 Å². The smallest absolute Gasteiger partial charge is 0.257 e. The van der Waals surface area contributed by atoms with Crippen molar-refractivity contribution in [2.75, 3.05) is 5.32 Å². The van der Waals surface area contributed by atoms with E-state index in [0.717, 1.165) is 23.1 Å². The summed E-state index contributed by atoms with van der Waals surface area (Å²) in [5, 5.41) is 13.3. The Morgan fingerprint density at radius 2 is 1.79 bits per heavy atom. The largest absolute Gasteiger partial charge is 0.304 e. The summed E-state index contributed by atoms with van der Waals surface area (Å²) in [7, 11) is 0. The summed E-state index contributed by atoms with van der Waals surface area (Å²) < 4.78 is 3.46. The second kappa shape index (κ2) is 9.29. The SMILES string of the molecule is CCn1cc(-c2cc(C(=O)Nc3nn(Cc4ccccc4Cl)cc3Cl)c3ccccc3n2)cn1. The van der Waals surface area contributed by atoms with Crippen molar-refractivity contribution in [1.29, 1.82) is 0 Å². The number of anilines is 1. The Morgan fingerprint density at radius 3 is 2.59 bits per heavy atom. The molecule has 9 heteroatoms. The van der Waals surface area contributed by atoms with Crippen LogP contribution in [0.1, 0.15) is 22.8 Å². The van der Waals surface area contributed by atoms with Crippen molar-refractivity contribution >= 4 is 45.8 Å². The summed E-state index contributed by atoms with van der Waals surface area (Å²) in [6.07, 6.45) is 5.32. The van der Waals surface area contributed by atoms with Gasteiger partial charge in [-0.05, 0) is 30.7 Å². The van der Waals surface area contributed by atoms with Crippen molar-refractivity contribution in [3.8, 4) is 11.3 Å². The average molecular weight is 491 g/mol. The van der Waals surface area contributed by atoms with E-state index < -0.39 is 0 Å². The summed E-state index contributed by atoms with van der Waals surface area (Å²) >= 11 is 12.7. The molecule has 2 aromatic carbocycles. The van der Waals surface area contributed by atoms with Crippen molar-refractivity contribution in [2.45, 2.75) is 20.0 Å². The molecule has 0 fully saturated rings. The molecular weight excluding hydrogens is 471 g/mol. The van der Waals surface area contributed by atoms with Gasteiger partial charge in [0.1, 0.15) is 5.02 Å². The molecule has 5 aromatic rings. The average Bonchev–Trinajstić information content (AvgIpc) is 3.46. The third-order valence-corrected chi connectivity index (χ3v) is 6.10. The highest BCUT2D eigenvalue weighted by molar-refractivity contribution is 6.33. The van der Waals surface area contributed by atoms with Crippen molar-refractivity contribution in [3.05, 3.63) is 94.4 Å². The van der Waals surface area contributed by atoms with Crippen LogP contribution in [0.4, 0.5) is 5.82 Å². The lowest BCUT2D eigenvalue weighted by Crippen LogP contribution is -2.14. The molecule has 0 bridgehead atoms. The number of amides is 1. The Kier molecular flexibility index (Phi) is 6.04. The molecule has 0 radical (unpaired) electrons. The first-order chi connectivity index (χ1) is 16.5. The van der Waals surface area contributed by atoms with Crippen LogP contribution in [0.15, 0.2) is 73.2 Å². The Hall–Kier alpha value is -3.68. The molecule has 34 heavy (non-hydrogen) atoms. The van der Waals surface area contributed by atoms with Crippen molar-refractivity contribution < 1.29 is 4.79 Å². The number of hydrogen-bond acceptors (Lipinski definition) is 4. The van der Waals surface area contributed by atoms with Gasteiger partial charge in [0.2, 0.25) is 0 Å². The van der Waals surface area contributed by atoms with Gasteiger partial charge in [0.25, 0.3) is 5.91 Å². The van der Waals surface area contributed by atoms with Crippen LogP contribution in [0.3, 0.4) is 0 Å². The normalized spacial score (nSPS) is 11.1. The molecule has 5 rings (SSSR count). The van der Waals surface area contributed by atoms with Gasteiger partial charge in [-0.1, -0.05) is 59.6 Å². The van der Waals surface area contributed by atoms with Crippen LogP contribution >= 0.6 is 23.2 Å². The number of carbonyl (C=O) groups excluding carboxylic acids is 1. The number of nitrogens with zero attached hydrogens (tertiary/aromatic N) is 5. The van der Waals surface area contributed by atoms with E-state index in [1.807, 2.05) is 66.3 Å². The molecule has 3 aromatic heterocycles. The number of aromatic nitrogens is 5. The number of aryl methyl sites for hydroxylation is 1. The third-order valence-electron chi connectivity index (χ3n) is 5.45. The molecule has 0 aliphatic rings. The highest BCUT2D eigenvalue weighted by atomic mass is 35.5. The minimum absolute atomic E-state index is 0.278. The summed E-state index contributed by atoms with van der Waals surface area (Å²) in [5.41, 5.74) is 3.59. The van der Waals surface area contributed by atoms with E-state index in [9.17, 15) is 4.79 Å². The van der Waals surface area contributed by atoms with E-state index >= 15 is 0 Å². The first-order valence-corrected chi connectivity index (χ1v) is 11.5. The summed E-state index contributed by atoms with van der Waals surface area (Å²) in [5.74, 6) is -0.0485. The van der Waals surface area contributed by atoms with E-state index in [4.69, 9.17) is 28.2 Å². The van der Waals surface area contributed by atoms with Gasteiger partial charge in [0.05, 0.1) is 29.5 Å². The van der Waals surface area contributed by atoms with Gasteiger partial charge in [0, 0.05) is 34.9 Å². The molecule has 0 spiro atoms. The molecule has 0 saturated heterocycles. The van der Waals surface area contributed by atoms with Crippen LogP contribution < -0.4 is 5.32 Å². The van der Waals surface area contributed by atoms with Crippen LogP contribution in [-0.4, -0.2) is 30.5 Å². The fourth-order valence-corrected chi connectivity index (χ4v) is 4.11. The van der Waals surface area contributed by atoms with Gasteiger partial charge in [-0.2, -0.15) is 10.2 Å². The van der Waals surface area contributed by atoms with E-state index in [1.165, 1.54) is 0 Å². The molecule has 0 aliphatic heterocycles. The van der Waals surface area contributed by atoms with Gasteiger partial charge in [0.15, 0.2) is 5.82 Å². The summed E-state index contributed by atoms with van der Waals surface area (Å²) in [4.78, 5) is 18.1. The maximum atomic E-state index is 13.4. The minimum atomic E-state index is -0.326. The fraction of sp³-hybridized carbons (Fsp3) is 0.120. The molecule has 1 amide bonds. The highest BCUT2D eigenvalue weighted by Gasteiger charge is 2.18. The molecule has 1 N–H and O–H groups in total. The fourth-order valence-electron chi connectivity index (χ4n) is 3.72. The molecule has 3 heterocycles. The number of rotatable bonds is 6. The molecule has 7 nitrogen and oxygen atoms in total. The zero-order valence-electron chi connectivity index (χ0n) is 18.2. The van der Waals surface area contributed by atoms with Gasteiger partial charge in [-0.15, -0.1) is 0 Å². The molecule has 0 saturated carbocycles. The predicted octanol–water partition coefficient (Wildman–Crippen LogP) is 5.92. The second-order valence-electron chi connectivity index (χ2n) is 7.73. The topological polar surface area (TPSA) is 77.6 Å². The van der Waals surface area contributed by atoms with Crippen molar-refractivity contribution in [1.82, 2.24) is 24.5 Å². The minimum Gasteiger partial charge on any atom is -0.304 e. The Morgan fingerprint density at radius 1 is 1.00 bits per heavy atom. The zero-order valence-corrected chi connectivity index (χ0v) is 19.8. The maximum Gasteiger partial charge on any atom is 0.257 e. The molecule has 0 aliphatic carbocycles. The predicted molar refractivity (Wildman–Crippen MR) is 134 cm³/mol. The van der Waals surface area contributed by atoms with Gasteiger partial charge >= 0.3 is 0 Å². The quantitative estimate of drug-likeness (QED) is 0.320. The monoisotopic (exact) mass is 490 g/mol. The Balaban J connectivity index is 1.47. The van der Waals surface area contributed by atoms with Crippen LogP contribution in [0, 0.1) is 0 Å². The highest BCUT2D eigenvalue weighted by Crippen LogP contribution is 2.27. The Labute approximate surface area is 205 Å². The molecule has 0 unspecified atom stereocenters. The van der Waals surface area contributed by atoms with E-state index in [0.29, 0.717) is 33.4 Å². The number of fused-ring (bicyclic) bond motifs is 1. The van der Waals surface area contributed by atoms with E-state index in [2.05, 4.69) is 15.5 Å². The Bertz CT molecular complexity index is 1510. The van der Waals surface area contributed by atoms with Crippen molar-refractivity contribution in [3.63, 3.8) is 0 Å². The number of pyridine rings is 1. The number of halogens is 2. The van der Waals surface area contributed by atoms with E-state index in [-0.39, 0.29) is 11.7 Å². The lowest BCUT2D eigenvalue weighted by Gasteiger charge is -2.09. The molecule has 170 valence electrons. The number of nitrogens with one attached hydrogen (secondary N) is 1. The van der Waals surface area contributed by atoms with E-state index in [1.54, 1.807) is 23.1 Å². The standard InChI is InChI=1S/C25H20Cl2N6O/c1-2-32-14-17(12-28-32)23-11-19(18-8-4-6-10-22(18)29-23)25(34)30-24-21(27)15-33(31-24)13-16-7-3-5-9-20(16)26/h3-12,14-15H,2,13H2,1H3,(H,30,31,34). The zero-order chi connectivity index (χ0) is 23.7. The molecule has 0 atom stereocenters. The number of carbonyl (C=O) groups is 1. The third kappa shape index (κ3) is 4.40. The van der Waals surface area contributed by atoms with Gasteiger partial charge in [-0.3, -0.25) is 14.2 Å². The van der Waals surface area contributed by atoms with Crippen molar-refractivity contribution in [2.24, 2.45) is 0 Å². The number of benzene rings is 2. The lowest BCUT2D eigenvalue weighted by molar-refractivity contribution is 0.102. The maximum absolute atomic E-state index is 13.4. The van der Waals surface area contributed by atoms with Crippen LogP contribution in [0.25, 0.3) is 22.2 Å². The first kappa shape index (κ1) is 22.1. The van der Waals surface area contributed by atoms with Crippen LogP contribution in [0.5, 0.6) is 0 Å². The number of para-hydroxylation sites is 1. The van der Waals surface area contributed by atoms with Crippen LogP contribution in [-0.2, 0) is 13.1 Å². The van der Waals surface area contributed by atoms with Gasteiger partial charge in [-0.25, -0.2) is 4.98 Å². The second-order valence-corrected chi connectivity index (χ2v) is 8.54. The number of hydrogen-bond donors (Lipinski definition) is 1. The molecular formula is C25H20Cl2N6O.